The number of hydrogen-bond donors (Lipinski definition) is 1. The molecule has 26 heavy (non-hydrogen) atoms. The Balaban J connectivity index is 1.48. The fraction of sp³-hybridized carbons (Fsp3) is 0.611. The molecule has 8 heteroatoms. The van der Waals surface area contributed by atoms with Gasteiger partial charge in [0.1, 0.15) is 5.54 Å². The minimum absolute atomic E-state index is 0.0648. The van der Waals surface area contributed by atoms with Crippen LogP contribution in [0.5, 0.6) is 0 Å². The van der Waals surface area contributed by atoms with Gasteiger partial charge in [-0.05, 0) is 31.7 Å². The Morgan fingerprint density at radius 2 is 2.04 bits per heavy atom. The van der Waals surface area contributed by atoms with Gasteiger partial charge >= 0.3 is 0 Å². The molecule has 0 aromatic carbocycles. The summed E-state index contributed by atoms with van der Waals surface area (Å²) in [7, 11) is 0. The maximum Gasteiger partial charge on any atom is 0.225 e. The van der Waals surface area contributed by atoms with Crippen LogP contribution < -0.4 is 10.2 Å². The SMILES string of the molecule is Cc1nc(C2(NC(=O)C3CCCN(c4ncccn4)C3)CCCC2)no1. The van der Waals surface area contributed by atoms with E-state index in [1.807, 2.05) is 0 Å². The molecule has 2 fully saturated rings. The lowest BCUT2D eigenvalue weighted by Crippen LogP contribution is -2.50. The van der Waals surface area contributed by atoms with Crippen molar-refractivity contribution in [3.63, 3.8) is 0 Å². The summed E-state index contributed by atoms with van der Waals surface area (Å²) >= 11 is 0. The van der Waals surface area contributed by atoms with Gasteiger partial charge in [0, 0.05) is 32.4 Å². The van der Waals surface area contributed by atoms with Crippen molar-refractivity contribution >= 4 is 11.9 Å². The molecule has 0 radical (unpaired) electrons. The zero-order chi connectivity index (χ0) is 18.0. The van der Waals surface area contributed by atoms with Crippen molar-refractivity contribution in [2.75, 3.05) is 18.0 Å². The first kappa shape index (κ1) is 16.9. The van der Waals surface area contributed by atoms with E-state index in [1.54, 1.807) is 25.4 Å². The summed E-state index contributed by atoms with van der Waals surface area (Å²) in [6.07, 6.45) is 9.12. The lowest BCUT2D eigenvalue weighted by Gasteiger charge is -2.34. The second-order valence-electron chi connectivity index (χ2n) is 7.25. The predicted molar refractivity (Wildman–Crippen MR) is 94.3 cm³/mol. The number of nitrogens with zero attached hydrogens (tertiary/aromatic N) is 5. The van der Waals surface area contributed by atoms with Crippen molar-refractivity contribution in [1.29, 1.82) is 0 Å². The molecule has 4 rings (SSSR count). The van der Waals surface area contributed by atoms with Gasteiger partial charge in [0.25, 0.3) is 0 Å². The average molecular weight is 356 g/mol. The van der Waals surface area contributed by atoms with Crippen molar-refractivity contribution in [2.45, 2.75) is 51.0 Å². The van der Waals surface area contributed by atoms with Crippen LogP contribution >= 0.6 is 0 Å². The average Bonchev–Trinajstić information content (AvgIpc) is 3.32. The minimum atomic E-state index is -0.486. The highest BCUT2D eigenvalue weighted by atomic mass is 16.5. The summed E-state index contributed by atoms with van der Waals surface area (Å²) in [5.41, 5.74) is -0.486. The molecule has 138 valence electrons. The number of aryl methyl sites for hydroxylation is 1. The van der Waals surface area contributed by atoms with E-state index in [0.717, 1.165) is 45.1 Å². The largest absolute Gasteiger partial charge is 0.343 e. The molecule has 8 nitrogen and oxygen atoms in total. The Morgan fingerprint density at radius 3 is 2.73 bits per heavy atom. The van der Waals surface area contributed by atoms with Gasteiger partial charge < -0.3 is 14.7 Å². The van der Waals surface area contributed by atoms with Crippen molar-refractivity contribution in [3.8, 4) is 0 Å². The van der Waals surface area contributed by atoms with Gasteiger partial charge in [-0.3, -0.25) is 4.79 Å². The number of carbonyl (C=O) groups is 1. The second-order valence-corrected chi connectivity index (χ2v) is 7.25. The maximum absolute atomic E-state index is 13.1. The zero-order valence-electron chi connectivity index (χ0n) is 15.0. The van der Waals surface area contributed by atoms with Crippen LogP contribution in [0.4, 0.5) is 5.95 Å². The molecule has 0 bridgehead atoms. The summed E-state index contributed by atoms with van der Waals surface area (Å²) in [6.45, 7) is 3.29. The lowest BCUT2D eigenvalue weighted by atomic mass is 9.92. The van der Waals surface area contributed by atoms with Gasteiger partial charge in [0.15, 0.2) is 5.82 Å². The van der Waals surface area contributed by atoms with Crippen molar-refractivity contribution in [3.05, 3.63) is 30.2 Å². The minimum Gasteiger partial charge on any atom is -0.343 e. The van der Waals surface area contributed by atoms with Gasteiger partial charge in [-0.2, -0.15) is 4.98 Å². The maximum atomic E-state index is 13.1. The first-order valence-corrected chi connectivity index (χ1v) is 9.31. The van der Waals surface area contributed by atoms with E-state index in [-0.39, 0.29) is 11.8 Å². The van der Waals surface area contributed by atoms with Crippen LogP contribution in [0.2, 0.25) is 0 Å². The molecule has 1 unspecified atom stereocenters. The molecule has 1 saturated carbocycles. The number of aromatic nitrogens is 4. The first-order valence-electron chi connectivity index (χ1n) is 9.31. The number of nitrogens with one attached hydrogen (secondary N) is 1. The molecule has 2 aromatic heterocycles. The molecule has 3 heterocycles. The summed E-state index contributed by atoms with van der Waals surface area (Å²) < 4.78 is 5.17. The molecule has 1 saturated heterocycles. The van der Waals surface area contributed by atoms with E-state index in [0.29, 0.717) is 24.2 Å². The van der Waals surface area contributed by atoms with Crippen LogP contribution in [0.25, 0.3) is 0 Å². The number of anilines is 1. The third-order valence-electron chi connectivity index (χ3n) is 5.40. The Kier molecular flexibility index (Phi) is 4.57. The Morgan fingerprint density at radius 1 is 1.27 bits per heavy atom. The number of rotatable bonds is 4. The standard InChI is InChI=1S/C18H24N6O2/c1-13-21-16(23-26-13)18(7-2-3-8-18)22-15(25)14-6-4-11-24(12-14)17-19-9-5-10-20-17/h5,9-10,14H,2-4,6-8,11-12H2,1H3,(H,22,25). The van der Waals surface area contributed by atoms with E-state index in [1.165, 1.54) is 0 Å². The number of carbonyl (C=O) groups excluding carboxylic acids is 1. The van der Waals surface area contributed by atoms with E-state index in [9.17, 15) is 4.79 Å². The highest BCUT2D eigenvalue weighted by Crippen LogP contribution is 2.37. The molecule has 0 spiro atoms. The van der Waals surface area contributed by atoms with Crippen LogP contribution in [0.3, 0.4) is 0 Å². The molecule has 1 aliphatic carbocycles. The van der Waals surface area contributed by atoms with E-state index >= 15 is 0 Å². The number of hydrogen-bond acceptors (Lipinski definition) is 7. The molecule has 1 aliphatic heterocycles. The van der Waals surface area contributed by atoms with Crippen LogP contribution in [-0.4, -0.2) is 39.1 Å². The Hall–Kier alpha value is -2.51. The van der Waals surface area contributed by atoms with Gasteiger partial charge in [0.05, 0.1) is 5.92 Å². The second kappa shape index (κ2) is 7.01. The van der Waals surface area contributed by atoms with Crippen LogP contribution in [0, 0.1) is 12.8 Å². The number of amides is 1. The first-order chi connectivity index (χ1) is 12.7. The van der Waals surface area contributed by atoms with Gasteiger partial charge in [0.2, 0.25) is 17.7 Å². The van der Waals surface area contributed by atoms with Crippen molar-refractivity contribution in [2.24, 2.45) is 5.92 Å². The molecule has 1 amide bonds. The normalized spacial score (nSPS) is 22.3. The Bertz CT molecular complexity index is 756. The smallest absolute Gasteiger partial charge is 0.225 e. The van der Waals surface area contributed by atoms with E-state index in [4.69, 9.17) is 4.52 Å². The zero-order valence-corrected chi connectivity index (χ0v) is 15.0. The molecule has 1 atom stereocenters. The molecule has 1 N–H and O–H groups in total. The third kappa shape index (κ3) is 3.27. The van der Waals surface area contributed by atoms with E-state index < -0.39 is 5.54 Å². The van der Waals surface area contributed by atoms with Crippen molar-refractivity contribution in [1.82, 2.24) is 25.4 Å². The van der Waals surface area contributed by atoms with Crippen LogP contribution in [-0.2, 0) is 10.3 Å². The summed E-state index contributed by atoms with van der Waals surface area (Å²) in [6, 6.07) is 1.80. The summed E-state index contributed by atoms with van der Waals surface area (Å²) in [5, 5.41) is 7.37. The molecular weight excluding hydrogens is 332 g/mol. The summed E-state index contributed by atoms with van der Waals surface area (Å²) in [4.78, 5) is 28.2. The topological polar surface area (TPSA) is 97.0 Å². The monoisotopic (exact) mass is 356 g/mol. The van der Waals surface area contributed by atoms with Crippen molar-refractivity contribution < 1.29 is 9.32 Å². The van der Waals surface area contributed by atoms with Crippen LogP contribution in [0.15, 0.2) is 23.0 Å². The van der Waals surface area contributed by atoms with E-state index in [2.05, 4.69) is 30.3 Å². The third-order valence-corrected chi connectivity index (χ3v) is 5.40. The fourth-order valence-corrected chi connectivity index (χ4v) is 4.04. The predicted octanol–water partition coefficient (Wildman–Crippen LogP) is 1.97. The molecular formula is C18H24N6O2. The summed E-state index contributed by atoms with van der Waals surface area (Å²) in [5.74, 6) is 1.81. The quantitative estimate of drug-likeness (QED) is 0.894. The highest BCUT2D eigenvalue weighted by molar-refractivity contribution is 5.80. The highest BCUT2D eigenvalue weighted by Gasteiger charge is 2.42. The number of piperidine rings is 1. The molecule has 2 aliphatic rings. The van der Waals surface area contributed by atoms with Gasteiger partial charge in [-0.1, -0.05) is 18.0 Å². The lowest BCUT2D eigenvalue weighted by molar-refractivity contribution is -0.127. The van der Waals surface area contributed by atoms with Gasteiger partial charge in [-0.15, -0.1) is 0 Å². The molecule has 2 aromatic rings. The van der Waals surface area contributed by atoms with Gasteiger partial charge in [-0.25, -0.2) is 9.97 Å². The van der Waals surface area contributed by atoms with Crippen LogP contribution in [0.1, 0.15) is 50.2 Å². The Labute approximate surface area is 152 Å². The fourth-order valence-electron chi connectivity index (χ4n) is 4.04.